The number of hydrogen-bond acceptors (Lipinski definition) is 2. The fraction of sp³-hybridized carbons (Fsp3) is 0.182. The van der Waals surface area contributed by atoms with E-state index in [9.17, 15) is 5.11 Å². The molecule has 0 aliphatic heterocycles. The fourth-order valence-electron chi connectivity index (χ4n) is 3.24. The highest BCUT2D eigenvalue weighted by molar-refractivity contribution is 5.80. The Labute approximate surface area is 144 Å². The molecule has 0 radical (unpaired) electrons. The standard InChI is InChI=1S/C22H23NO/c1-15-9-16(2)12-19(11-15)23(21-7-5-6-8-22(21)24)20-13-17(3)10-18(4)14-20/h5-14,24H,1-4H3. The third-order valence-electron chi connectivity index (χ3n) is 4.05. The van der Waals surface area contributed by atoms with Gasteiger partial charge >= 0.3 is 0 Å². The predicted octanol–water partition coefficient (Wildman–Crippen LogP) is 6.10. The fourth-order valence-corrected chi connectivity index (χ4v) is 3.24. The van der Waals surface area contributed by atoms with Crippen molar-refractivity contribution in [2.24, 2.45) is 0 Å². The van der Waals surface area contributed by atoms with E-state index in [-0.39, 0.29) is 5.75 Å². The Morgan fingerprint density at radius 1 is 0.625 bits per heavy atom. The van der Waals surface area contributed by atoms with Crippen LogP contribution in [0.3, 0.4) is 0 Å². The van der Waals surface area contributed by atoms with Crippen LogP contribution in [0.1, 0.15) is 22.3 Å². The van der Waals surface area contributed by atoms with Crippen LogP contribution in [0.5, 0.6) is 5.75 Å². The highest BCUT2D eigenvalue weighted by atomic mass is 16.3. The van der Waals surface area contributed by atoms with Gasteiger partial charge in [0.25, 0.3) is 0 Å². The van der Waals surface area contributed by atoms with E-state index in [4.69, 9.17) is 0 Å². The number of rotatable bonds is 3. The lowest BCUT2D eigenvalue weighted by atomic mass is 10.1. The van der Waals surface area contributed by atoms with Crippen LogP contribution in [-0.2, 0) is 0 Å². The second-order valence-electron chi connectivity index (χ2n) is 6.52. The summed E-state index contributed by atoms with van der Waals surface area (Å²) < 4.78 is 0. The number of benzene rings is 3. The maximum atomic E-state index is 10.4. The van der Waals surface area contributed by atoms with E-state index < -0.39 is 0 Å². The maximum absolute atomic E-state index is 10.4. The predicted molar refractivity (Wildman–Crippen MR) is 102 cm³/mol. The number of nitrogens with zero attached hydrogens (tertiary/aromatic N) is 1. The molecule has 2 heteroatoms. The molecule has 0 fully saturated rings. The third kappa shape index (κ3) is 3.28. The molecule has 3 aromatic rings. The van der Waals surface area contributed by atoms with E-state index >= 15 is 0 Å². The minimum atomic E-state index is 0.274. The Balaban J connectivity index is 2.26. The van der Waals surface area contributed by atoms with Gasteiger partial charge in [-0.1, -0.05) is 24.3 Å². The van der Waals surface area contributed by atoms with Crippen LogP contribution >= 0.6 is 0 Å². The van der Waals surface area contributed by atoms with E-state index in [0.29, 0.717) is 0 Å². The van der Waals surface area contributed by atoms with Gasteiger partial charge in [0.05, 0.1) is 5.69 Å². The summed E-state index contributed by atoms with van der Waals surface area (Å²) in [5.74, 6) is 0.274. The van der Waals surface area contributed by atoms with Gasteiger partial charge in [-0.05, 0) is 86.3 Å². The molecule has 0 unspecified atom stereocenters. The summed E-state index contributed by atoms with van der Waals surface area (Å²) in [5.41, 5.74) is 7.71. The van der Waals surface area contributed by atoms with Crippen LogP contribution in [0.4, 0.5) is 17.1 Å². The Kier molecular flexibility index (Phi) is 4.30. The van der Waals surface area contributed by atoms with Gasteiger partial charge in [0.15, 0.2) is 0 Å². The molecule has 0 bridgehead atoms. The van der Waals surface area contributed by atoms with Gasteiger partial charge in [-0.3, -0.25) is 0 Å². The zero-order valence-electron chi connectivity index (χ0n) is 14.7. The Hall–Kier alpha value is -2.74. The monoisotopic (exact) mass is 317 g/mol. The Bertz CT molecular complexity index is 791. The van der Waals surface area contributed by atoms with E-state index in [1.165, 1.54) is 22.3 Å². The average molecular weight is 317 g/mol. The van der Waals surface area contributed by atoms with Crippen molar-refractivity contribution in [3.8, 4) is 5.75 Å². The molecule has 0 saturated heterocycles. The zero-order valence-corrected chi connectivity index (χ0v) is 14.7. The molecule has 1 N–H and O–H groups in total. The van der Waals surface area contributed by atoms with Crippen LogP contribution < -0.4 is 4.90 Å². The van der Waals surface area contributed by atoms with Crippen molar-refractivity contribution in [1.29, 1.82) is 0 Å². The first-order valence-corrected chi connectivity index (χ1v) is 8.19. The first-order valence-electron chi connectivity index (χ1n) is 8.19. The van der Waals surface area contributed by atoms with E-state index in [0.717, 1.165) is 17.1 Å². The maximum Gasteiger partial charge on any atom is 0.139 e. The minimum Gasteiger partial charge on any atom is -0.506 e. The lowest BCUT2D eigenvalue weighted by Gasteiger charge is -2.27. The van der Waals surface area contributed by atoms with Gasteiger partial charge in [0.1, 0.15) is 5.75 Å². The van der Waals surface area contributed by atoms with Crippen molar-refractivity contribution in [3.05, 3.63) is 82.9 Å². The van der Waals surface area contributed by atoms with Gasteiger partial charge in [-0.15, -0.1) is 0 Å². The van der Waals surface area contributed by atoms with Crippen molar-refractivity contribution < 1.29 is 5.11 Å². The van der Waals surface area contributed by atoms with Crippen LogP contribution in [0, 0.1) is 27.7 Å². The topological polar surface area (TPSA) is 23.5 Å². The molecule has 2 nitrogen and oxygen atoms in total. The number of hydrogen-bond donors (Lipinski definition) is 1. The molecular formula is C22H23NO. The molecule has 0 aliphatic rings. The van der Waals surface area contributed by atoms with Crippen molar-refractivity contribution in [1.82, 2.24) is 0 Å². The highest BCUT2D eigenvalue weighted by Crippen LogP contribution is 2.40. The summed E-state index contributed by atoms with van der Waals surface area (Å²) in [7, 11) is 0. The van der Waals surface area contributed by atoms with Crippen LogP contribution in [-0.4, -0.2) is 5.11 Å². The molecule has 3 aromatic carbocycles. The molecule has 0 saturated carbocycles. The number of phenolic OH excluding ortho intramolecular Hbond substituents is 1. The van der Waals surface area contributed by atoms with Crippen LogP contribution in [0.15, 0.2) is 60.7 Å². The summed E-state index contributed by atoms with van der Waals surface area (Å²) >= 11 is 0. The van der Waals surface area contributed by atoms with Crippen molar-refractivity contribution in [2.45, 2.75) is 27.7 Å². The van der Waals surface area contributed by atoms with Crippen LogP contribution in [0.25, 0.3) is 0 Å². The number of phenols is 1. The normalized spacial score (nSPS) is 10.7. The summed E-state index contributed by atoms with van der Waals surface area (Å²) in [5, 5.41) is 10.4. The van der Waals surface area contributed by atoms with E-state index in [1.807, 2.05) is 18.2 Å². The minimum absolute atomic E-state index is 0.274. The molecule has 0 heterocycles. The van der Waals surface area contributed by atoms with Gasteiger partial charge in [-0.25, -0.2) is 0 Å². The Morgan fingerprint density at radius 2 is 1.04 bits per heavy atom. The lowest BCUT2D eigenvalue weighted by Crippen LogP contribution is -2.11. The van der Waals surface area contributed by atoms with Gasteiger partial charge in [0.2, 0.25) is 0 Å². The first-order chi connectivity index (χ1) is 11.4. The molecule has 24 heavy (non-hydrogen) atoms. The van der Waals surface area contributed by atoms with Crippen LogP contribution in [0.2, 0.25) is 0 Å². The molecular weight excluding hydrogens is 294 g/mol. The SMILES string of the molecule is Cc1cc(C)cc(N(c2cc(C)cc(C)c2)c2ccccc2O)c1. The number of aromatic hydroxyl groups is 1. The molecule has 0 spiro atoms. The van der Waals surface area contributed by atoms with Crippen molar-refractivity contribution in [3.63, 3.8) is 0 Å². The summed E-state index contributed by atoms with van der Waals surface area (Å²) in [6, 6.07) is 20.4. The summed E-state index contributed by atoms with van der Waals surface area (Å²) in [4.78, 5) is 2.12. The molecule has 122 valence electrons. The smallest absolute Gasteiger partial charge is 0.139 e. The second-order valence-corrected chi connectivity index (χ2v) is 6.52. The second kappa shape index (κ2) is 6.40. The molecule has 0 aliphatic carbocycles. The molecule has 0 atom stereocenters. The third-order valence-corrected chi connectivity index (χ3v) is 4.05. The summed E-state index contributed by atoms with van der Waals surface area (Å²) in [6.07, 6.45) is 0. The van der Waals surface area contributed by atoms with Crippen molar-refractivity contribution >= 4 is 17.1 Å². The quantitative estimate of drug-likeness (QED) is 0.631. The van der Waals surface area contributed by atoms with E-state index in [1.54, 1.807) is 6.07 Å². The van der Waals surface area contributed by atoms with Gasteiger partial charge in [0, 0.05) is 11.4 Å². The van der Waals surface area contributed by atoms with Gasteiger partial charge in [-0.2, -0.15) is 0 Å². The van der Waals surface area contributed by atoms with Crippen molar-refractivity contribution in [2.75, 3.05) is 4.90 Å². The lowest BCUT2D eigenvalue weighted by molar-refractivity contribution is 0.476. The molecule has 0 amide bonds. The number of para-hydroxylation sites is 2. The molecule has 0 aromatic heterocycles. The highest BCUT2D eigenvalue weighted by Gasteiger charge is 2.16. The molecule has 3 rings (SSSR count). The average Bonchev–Trinajstić information content (AvgIpc) is 2.47. The van der Waals surface area contributed by atoms with E-state index in [2.05, 4.69) is 69.0 Å². The number of aryl methyl sites for hydroxylation is 4. The number of anilines is 3. The summed E-state index contributed by atoms with van der Waals surface area (Å²) in [6.45, 7) is 8.39. The first kappa shape index (κ1) is 16.1. The largest absolute Gasteiger partial charge is 0.506 e. The zero-order chi connectivity index (χ0) is 17.3. The van der Waals surface area contributed by atoms with Gasteiger partial charge < -0.3 is 10.0 Å². The Morgan fingerprint density at radius 3 is 1.46 bits per heavy atom.